The van der Waals surface area contributed by atoms with E-state index < -0.39 is 0 Å². The molecule has 82 valence electrons. The van der Waals surface area contributed by atoms with Gasteiger partial charge < -0.3 is 4.90 Å². The molecule has 0 saturated carbocycles. The fraction of sp³-hybridized carbons (Fsp3) is 0.571. The fourth-order valence-electron chi connectivity index (χ4n) is 2.68. The van der Waals surface area contributed by atoms with Crippen molar-refractivity contribution in [3.8, 4) is 0 Å². The van der Waals surface area contributed by atoms with Crippen molar-refractivity contribution < 1.29 is 0 Å². The Labute approximate surface area is 93.1 Å². The predicted octanol–water partition coefficient (Wildman–Crippen LogP) is 3.49. The minimum Gasteiger partial charge on any atom is -0.374 e. The molecule has 15 heavy (non-hydrogen) atoms. The summed E-state index contributed by atoms with van der Waals surface area (Å²) in [6, 6.07) is 4.59. The lowest BCUT2D eigenvalue weighted by atomic mass is 9.89. The Morgan fingerprint density at radius 2 is 1.93 bits per heavy atom. The van der Waals surface area contributed by atoms with Crippen molar-refractivity contribution in [1.29, 1.82) is 0 Å². The van der Waals surface area contributed by atoms with Gasteiger partial charge in [-0.05, 0) is 36.5 Å². The number of benzene rings is 1. The standard InChI is InChI=1S/C14H21N/c1-9(2)13-8-15(5)14-11(4)10(3)6-7-12(13)14/h6-7,9,13H,8H2,1-5H3. The van der Waals surface area contributed by atoms with Crippen molar-refractivity contribution in [3.05, 3.63) is 28.8 Å². The molecule has 1 aromatic rings. The summed E-state index contributed by atoms with van der Waals surface area (Å²) < 4.78 is 0. The Balaban J connectivity index is 2.54. The first-order chi connectivity index (χ1) is 7.02. The van der Waals surface area contributed by atoms with Crippen LogP contribution in [-0.4, -0.2) is 13.6 Å². The highest BCUT2D eigenvalue weighted by atomic mass is 15.1. The van der Waals surface area contributed by atoms with Crippen molar-refractivity contribution in [2.75, 3.05) is 18.5 Å². The zero-order chi connectivity index (χ0) is 11.2. The van der Waals surface area contributed by atoms with E-state index in [0.29, 0.717) is 5.92 Å². The summed E-state index contributed by atoms with van der Waals surface area (Å²) in [5, 5.41) is 0. The molecule has 0 bridgehead atoms. The van der Waals surface area contributed by atoms with E-state index >= 15 is 0 Å². The Morgan fingerprint density at radius 1 is 1.27 bits per heavy atom. The smallest absolute Gasteiger partial charge is 0.0432 e. The lowest BCUT2D eigenvalue weighted by molar-refractivity contribution is 0.521. The Bertz CT molecular complexity index is 379. The maximum Gasteiger partial charge on any atom is 0.0432 e. The molecule has 1 aromatic carbocycles. The van der Waals surface area contributed by atoms with Gasteiger partial charge in [-0.3, -0.25) is 0 Å². The highest BCUT2D eigenvalue weighted by Gasteiger charge is 2.29. The molecule has 0 spiro atoms. The maximum atomic E-state index is 2.42. The number of hydrogen-bond donors (Lipinski definition) is 0. The SMILES string of the molecule is Cc1ccc2c(c1C)N(C)CC2C(C)C. The number of rotatable bonds is 1. The fourth-order valence-corrected chi connectivity index (χ4v) is 2.68. The molecule has 0 radical (unpaired) electrons. The van der Waals surface area contributed by atoms with Gasteiger partial charge in [0.05, 0.1) is 0 Å². The number of nitrogens with zero attached hydrogens (tertiary/aromatic N) is 1. The Kier molecular flexibility index (Phi) is 2.49. The van der Waals surface area contributed by atoms with Gasteiger partial charge in [-0.25, -0.2) is 0 Å². The van der Waals surface area contributed by atoms with Crippen LogP contribution in [0, 0.1) is 19.8 Å². The van der Waals surface area contributed by atoms with Gasteiger partial charge in [0.15, 0.2) is 0 Å². The van der Waals surface area contributed by atoms with Crippen molar-refractivity contribution in [2.45, 2.75) is 33.6 Å². The molecule has 0 N–H and O–H groups in total. The second-order valence-electron chi connectivity index (χ2n) is 5.18. The summed E-state index contributed by atoms with van der Waals surface area (Å²) in [5.74, 6) is 1.44. The van der Waals surface area contributed by atoms with E-state index in [1.807, 2.05) is 0 Å². The Hall–Kier alpha value is -0.980. The quantitative estimate of drug-likeness (QED) is 0.675. The number of likely N-dealkylation sites (N-methyl/N-ethyl adjacent to an activating group) is 1. The summed E-state index contributed by atoms with van der Waals surface area (Å²) in [6.45, 7) is 10.3. The molecular weight excluding hydrogens is 182 g/mol. The first-order valence-electron chi connectivity index (χ1n) is 5.83. The lowest BCUT2D eigenvalue weighted by Crippen LogP contribution is -2.18. The summed E-state index contributed by atoms with van der Waals surface area (Å²) in [6.07, 6.45) is 0. The average molecular weight is 203 g/mol. The molecule has 1 atom stereocenters. The summed E-state index contributed by atoms with van der Waals surface area (Å²) in [5.41, 5.74) is 5.90. The summed E-state index contributed by atoms with van der Waals surface area (Å²) >= 11 is 0. The second-order valence-corrected chi connectivity index (χ2v) is 5.18. The van der Waals surface area contributed by atoms with Crippen LogP contribution in [0.4, 0.5) is 5.69 Å². The van der Waals surface area contributed by atoms with Crippen LogP contribution in [0.15, 0.2) is 12.1 Å². The average Bonchev–Trinajstić information content (AvgIpc) is 2.50. The number of fused-ring (bicyclic) bond motifs is 1. The molecule has 0 fully saturated rings. The van der Waals surface area contributed by atoms with E-state index in [0.717, 1.165) is 5.92 Å². The first-order valence-corrected chi connectivity index (χ1v) is 5.83. The van der Waals surface area contributed by atoms with Gasteiger partial charge >= 0.3 is 0 Å². The molecule has 0 aliphatic carbocycles. The van der Waals surface area contributed by atoms with Crippen LogP contribution in [0.1, 0.15) is 36.5 Å². The van der Waals surface area contributed by atoms with Crippen LogP contribution < -0.4 is 4.90 Å². The Morgan fingerprint density at radius 3 is 2.53 bits per heavy atom. The molecule has 1 unspecified atom stereocenters. The van der Waals surface area contributed by atoms with Gasteiger partial charge in [-0.15, -0.1) is 0 Å². The van der Waals surface area contributed by atoms with Crippen LogP contribution in [0.2, 0.25) is 0 Å². The molecule has 0 aromatic heterocycles. The van der Waals surface area contributed by atoms with E-state index in [1.54, 1.807) is 5.56 Å². The predicted molar refractivity (Wildman–Crippen MR) is 66.8 cm³/mol. The number of aryl methyl sites for hydroxylation is 1. The van der Waals surface area contributed by atoms with Gasteiger partial charge in [0.2, 0.25) is 0 Å². The molecule has 1 aliphatic rings. The van der Waals surface area contributed by atoms with Crippen LogP contribution in [0.25, 0.3) is 0 Å². The molecular formula is C14H21N. The normalized spacial score (nSPS) is 19.9. The molecule has 1 nitrogen and oxygen atoms in total. The molecule has 0 amide bonds. The van der Waals surface area contributed by atoms with Gasteiger partial charge in [-0.1, -0.05) is 26.0 Å². The van der Waals surface area contributed by atoms with Crippen molar-refractivity contribution >= 4 is 5.69 Å². The third kappa shape index (κ3) is 1.54. The van der Waals surface area contributed by atoms with Crippen LogP contribution in [0.3, 0.4) is 0 Å². The summed E-state index contributed by atoms with van der Waals surface area (Å²) in [4.78, 5) is 2.42. The topological polar surface area (TPSA) is 3.24 Å². The zero-order valence-corrected chi connectivity index (χ0v) is 10.5. The minimum atomic E-state index is 0.712. The molecule has 2 rings (SSSR count). The molecule has 0 saturated heterocycles. The molecule has 1 aliphatic heterocycles. The van der Waals surface area contributed by atoms with Crippen molar-refractivity contribution in [2.24, 2.45) is 5.92 Å². The van der Waals surface area contributed by atoms with Gasteiger partial charge in [-0.2, -0.15) is 0 Å². The highest BCUT2D eigenvalue weighted by Crippen LogP contribution is 2.42. The van der Waals surface area contributed by atoms with E-state index in [4.69, 9.17) is 0 Å². The van der Waals surface area contributed by atoms with Gasteiger partial charge in [0.1, 0.15) is 0 Å². The van der Waals surface area contributed by atoms with E-state index in [-0.39, 0.29) is 0 Å². The van der Waals surface area contributed by atoms with E-state index in [1.165, 1.54) is 23.4 Å². The van der Waals surface area contributed by atoms with Crippen LogP contribution >= 0.6 is 0 Å². The second kappa shape index (κ2) is 3.55. The first kappa shape index (κ1) is 10.5. The van der Waals surface area contributed by atoms with Gasteiger partial charge in [0.25, 0.3) is 0 Å². The lowest BCUT2D eigenvalue weighted by Gasteiger charge is -2.16. The maximum absolute atomic E-state index is 2.42. The van der Waals surface area contributed by atoms with Gasteiger partial charge in [0, 0.05) is 25.2 Å². The van der Waals surface area contributed by atoms with Crippen LogP contribution in [0.5, 0.6) is 0 Å². The molecule has 1 heteroatoms. The number of hydrogen-bond acceptors (Lipinski definition) is 1. The minimum absolute atomic E-state index is 0.712. The monoisotopic (exact) mass is 203 g/mol. The van der Waals surface area contributed by atoms with E-state index in [2.05, 4.69) is 51.8 Å². The third-order valence-corrected chi connectivity index (χ3v) is 3.79. The summed E-state index contributed by atoms with van der Waals surface area (Å²) in [7, 11) is 2.22. The third-order valence-electron chi connectivity index (χ3n) is 3.79. The number of anilines is 1. The molecule has 1 heterocycles. The van der Waals surface area contributed by atoms with Crippen molar-refractivity contribution in [3.63, 3.8) is 0 Å². The zero-order valence-electron chi connectivity index (χ0n) is 10.5. The van der Waals surface area contributed by atoms with Crippen molar-refractivity contribution in [1.82, 2.24) is 0 Å². The largest absolute Gasteiger partial charge is 0.374 e. The van der Waals surface area contributed by atoms with E-state index in [9.17, 15) is 0 Å². The van der Waals surface area contributed by atoms with Crippen LogP contribution in [-0.2, 0) is 0 Å². The highest BCUT2D eigenvalue weighted by molar-refractivity contribution is 5.66.